The van der Waals surface area contributed by atoms with E-state index in [9.17, 15) is 0 Å². The van der Waals surface area contributed by atoms with Crippen molar-refractivity contribution < 1.29 is 0 Å². The molecular formula is C36H66. The third-order valence-electron chi connectivity index (χ3n) is 8.00. The molecule has 0 heterocycles. The molecule has 0 unspecified atom stereocenters. The van der Waals surface area contributed by atoms with Crippen molar-refractivity contribution >= 4 is 0 Å². The van der Waals surface area contributed by atoms with Crippen molar-refractivity contribution in [3.05, 3.63) is 36.5 Å². The smallest absolute Gasteiger partial charge is 0.0316 e. The van der Waals surface area contributed by atoms with Gasteiger partial charge in [-0.25, -0.2) is 0 Å². The van der Waals surface area contributed by atoms with Gasteiger partial charge in [-0.1, -0.05) is 191 Å². The molecule has 0 aromatic rings. The molecule has 210 valence electrons. The highest BCUT2D eigenvalue weighted by Gasteiger charge is 1.97. The van der Waals surface area contributed by atoms with Crippen LogP contribution in [0.15, 0.2) is 36.5 Å². The van der Waals surface area contributed by atoms with E-state index in [0.29, 0.717) is 0 Å². The lowest BCUT2D eigenvalue weighted by Gasteiger charge is -2.05. The fourth-order valence-electron chi connectivity index (χ4n) is 2.00. The summed E-state index contributed by atoms with van der Waals surface area (Å²) in [7, 11) is 0. The molecule has 0 bridgehead atoms. The highest BCUT2D eigenvalue weighted by Crippen LogP contribution is 2.17. The molecule has 0 aromatic heterocycles. The number of hydrogen-bond donors (Lipinski definition) is 0. The van der Waals surface area contributed by atoms with Gasteiger partial charge in [0.2, 0.25) is 0 Å². The van der Waals surface area contributed by atoms with E-state index in [1.54, 1.807) is 0 Å². The van der Waals surface area contributed by atoms with Crippen molar-refractivity contribution in [2.24, 2.45) is 0 Å². The Bertz CT molecular complexity index is 321. The molecule has 36 heavy (non-hydrogen) atoms. The van der Waals surface area contributed by atoms with Gasteiger partial charge >= 0.3 is 0 Å². The summed E-state index contributed by atoms with van der Waals surface area (Å²) in [4.78, 5) is 0. The minimum atomic E-state index is 1.32. The zero-order chi connectivity index (χ0) is 25.5. The van der Waals surface area contributed by atoms with Gasteiger partial charge in [0.25, 0.3) is 0 Å². The van der Waals surface area contributed by atoms with Crippen LogP contribution in [0.5, 0.6) is 0 Å². The van der Waals surface area contributed by atoms with Crippen LogP contribution >= 0.6 is 0 Å². The monoisotopic (exact) mass is 499 g/mol. The third-order valence-corrected chi connectivity index (χ3v) is 8.00. The number of hydrogen-bond acceptors (Lipinski definition) is 0. The number of rotatable bonds is 0. The second-order valence-corrected chi connectivity index (χ2v) is 11.6. The molecule has 0 aliphatic heterocycles. The van der Waals surface area contributed by atoms with Crippen molar-refractivity contribution in [1.29, 1.82) is 0 Å². The largest absolute Gasteiger partial charge is 0.0882 e. The van der Waals surface area contributed by atoms with Gasteiger partial charge in [-0.15, -0.1) is 0 Å². The molecule has 0 atom stereocenters. The van der Waals surface area contributed by atoms with Crippen molar-refractivity contribution in [3.63, 3.8) is 0 Å². The summed E-state index contributed by atoms with van der Waals surface area (Å²) in [5, 5.41) is 0. The van der Waals surface area contributed by atoms with E-state index in [0.717, 1.165) is 0 Å². The third kappa shape index (κ3) is 27.8. The fourth-order valence-corrected chi connectivity index (χ4v) is 2.00. The van der Waals surface area contributed by atoms with Crippen LogP contribution in [0.25, 0.3) is 0 Å². The van der Waals surface area contributed by atoms with Crippen molar-refractivity contribution in [1.82, 2.24) is 0 Å². The second kappa shape index (κ2) is 30.4. The predicted molar refractivity (Wildman–Crippen MR) is 166 cm³/mol. The summed E-state index contributed by atoms with van der Waals surface area (Å²) in [6.07, 6.45) is 57.0. The first-order valence-electron chi connectivity index (χ1n) is 16.9. The maximum Gasteiger partial charge on any atom is -0.0316 e. The van der Waals surface area contributed by atoms with Gasteiger partial charge in [0.05, 0.1) is 0 Å². The zero-order valence-electron chi connectivity index (χ0n) is 24.7. The molecule has 0 N–H and O–H groups in total. The lowest BCUT2D eigenvalue weighted by Crippen LogP contribution is -1.85. The summed E-state index contributed by atoms with van der Waals surface area (Å²) < 4.78 is 0. The molecule has 0 radical (unpaired) electrons. The maximum atomic E-state index is 2.18. The van der Waals surface area contributed by atoms with Crippen molar-refractivity contribution in [3.8, 4) is 0 Å². The van der Waals surface area contributed by atoms with E-state index in [-0.39, 0.29) is 0 Å². The zero-order valence-corrected chi connectivity index (χ0v) is 24.7. The van der Waals surface area contributed by atoms with E-state index in [1.165, 1.54) is 193 Å². The minimum Gasteiger partial charge on any atom is -0.0882 e. The lowest BCUT2D eigenvalue weighted by atomic mass is 10.0. The molecule has 0 spiro atoms. The molecule has 0 saturated heterocycles. The standard InChI is InChI=1S/6C4H8.3C4H6/c9*1-2-4-3-1/h6*1-4H2;3*1-2H,3-4H2. The Morgan fingerprint density at radius 1 is 0.139 bits per heavy atom. The average Bonchev–Trinajstić information content (AvgIpc) is 2.26. The van der Waals surface area contributed by atoms with E-state index >= 15 is 0 Å². The highest BCUT2D eigenvalue weighted by molar-refractivity contribution is 4.93. The highest BCUT2D eigenvalue weighted by atomic mass is 14.0. The Kier molecular flexibility index (Phi) is 28.1. The van der Waals surface area contributed by atoms with E-state index in [2.05, 4.69) is 36.5 Å². The van der Waals surface area contributed by atoms with Crippen LogP contribution in [0.2, 0.25) is 0 Å². The summed E-state index contributed by atoms with van der Waals surface area (Å²) in [6.45, 7) is 0. The lowest BCUT2D eigenvalue weighted by molar-refractivity contribution is 0.504. The normalized spacial score (nSPS) is 22.7. The molecule has 0 nitrogen and oxygen atoms in total. The number of allylic oxidation sites excluding steroid dienone is 6. The van der Waals surface area contributed by atoms with Crippen LogP contribution in [0.4, 0.5) is 0 Å². The van der Waals surface area contributed by atoms with Gasteiger partial charge < -0.3 is 0 Å². The van der Waals surface area contributed by atoms with E-state index < -0.39 is 0 Å². The molecular weight excluding hydrogens is 432 g/mol. The SMILES string of the molecule is C1=CCC1.C1=CCC1.C1=CCC1.C1CCC1.C1CCC1.C1CCC1.C1CCC1.C1CCC1.C1CCC1. The minimum absolute atomic E-state index is 1.32. The predicted octanol–water partition coefficient (Wildman–Crippen LogP) is 13.4. The molecule has 9 aliphatic rings. The molecule has 0 heteroatoms. The fraction of sp³-hybridized carbons (Fsp3) is 0.833. The van der Waals surface area contributed by atoms with E-state index in [1.807, 2.05) is 0 Å². The molecule has 9 rings (SSSR count). The Morgan fingerprint density at radius 2 is 0.194 bits per heavy atom. The van der Waals surface area contributed by atoms with Gasteiger partial charge in [-0.05, 0) is 38.5 Å². The van der Waals surface area contributed by atoms with Crippen LogP contribution in [-0.2, 0) is 0 Å². The summed E-state index contributed by atoms with van der Waals surface area (Å²) in [6, 6.07) is 0. The molecule has 0 amide bonds. The van der Waals surface area contributed by atoms with Crippen LogP contribution in [0.3, 0.4) is 0 Å². The van der Waals surface area contributed by atoms with Gasteiger partial charge in [0.1, 0.15) is 0 Å². The van der Waals surface area contributed by atoms with Crippen molar-refractivity contribution in [2.75, 3.05) is 0 Å². The first-order valence-corrected chi connectivity index (χ1v) is 16.9. The summed E-state index contributed by atoms with van der Waals surface area (Å²) in [5.74, 6) is 0. The van der Waals surface area contributed by atoms with E-state index in [4.69, 9.17) is 0 Å². The van der Waals surface area contributed by atoms with Crippen LogP contribution in [0.1, 0.15) is 193 Å². The topological polar surface area (TPSA) is 0 Å². The quantitative estimate of drug-likeness (QED) is 0.291. The first kappa shape index (κ1) is 33.2. The van der Waals surface area contributed by atoms with Gasteiger partial charge in [-0.3, -0.25) is 0 Å². The molecule has 0 aromatic carbocycles. The summed E-state index contributed by atoms with van der Waals surface area (Å²) >= 11 is 0. The van der Waals surface area contributed by atoms with Gasteiger partial charge in [-0.2, -0.15) is 0 Å². The first-order chi connectivity index (χ1) is 18.0. The van der Waals surface area contributed by atoms with Crippen LogP contribution < -0.4 is 0 Å². The van der Waals surface area contributed by atoms with Crippen molar-refractivity contribution in [2.45, 2.75) is 193 Å². The molecule has 6 fully saturated rings. The Hall–Kier alpha value is -0.780. The van der Waals surface area contributed by atoms with Gasteiger partial charge in [0, 0.05) is 0 Å². The summed E-state index contributed by atoms with van der Waals surface area (Å²) in [5.41, 5.74) is 0. The van der Waals surface area contributed by atoms with Crippen LogP contribution in [0, 0.1) is 0 Å². The molecule has 6 saturated carbocycles. The Labute approximate surface area is 228 Å². The van der Waals surface area contributed by atoms with Gasteiger partial charge in [0.15, 0.2) is 0 Å². The Balaban J connectivity index is 0.000000202. The maximum absolute atomic E-state index is 2.18. The second-order valence-electron chi connectivity index (χ2n) is 11.6. The Morgan fingerprint density at radius 3 is 0.194 bits per heavy atom. The average molecular weight is 499 g/mol. The van der Waals surface area contributed by atoms with Crippen LogP contribution in [-0.4, -0.2) is 0 Å². The molecule has 9 aliphatic carbocycles.